The monoisotopic (exact) mass is 304 g/mol. The van der Waals surface area contributed by atoms with Crippen molar-refractivity contribution < 1.29 is 15.0 Å². The van der Waals surface area contributed by atoms with E-state index in [2.05, 4.69) is 0 Å². The summed E-state index contributed by atoms with van der Waals surface area (Å²) in [6.45, 7) is 0. The summed E-state index contributed by atoms with van der Waals surface area (Å²) in [5, 5.41) is 21.1. The molecule has 114 valence electrons. The summed E-state index contributed by atoms with van der Waals surface area (Å²) in [4.78, 5) is 11.6. The number of aliphatic hydroxyl groups is 1. The quantitative estimate of drug-likeness (QED) is 0.723. The molecule has 0 aliphatic rings. The van der Waals surface area contributed by atoms with Crippen LogP contribution in [0.1, 0.15) is 27.0 Å². The molecule has 3 heteroatoms. The van der Waals surface area contributed by atoms with Crippen molar-refractivity contribution in [2.24, 2.45) is 0 Å². The molecule has 23 heavy (non-hydrogen) atoms. The average Bonchev–Trinajstić information content (AvgIpc) is 2.62. The summed E-state index contributed by atoms with van der Waals surface area (Å²) >= 11 is 0. The number of hydrogen-bond donors (Lipinski definition) is 2. The number of benzene rings is 3. The van der Waals surface area contributed by atoms with Crippen LogP contribution < -0.4 is 0 Å². The predicted octanol–water partition coefficient (Wildman–Crippen LogP) is 3.67. The normalized spacial score (nSPS) is 11.2. The Morgan fingerprint density at radius 1 is 0.696 bits per heavy atom. The van der Waals surface area contributed by atoms with Crippen molar-refractivity contribution in [3.8, 4) is 0 Å². The minimum absolute atomic E-state index is 0.0858. The van der Waals surface area contributed by atoms with Crippen LogP contribution in [0, 0.1) is 0 Å². The number of carboxylic acids is 1. The van der Waals surface area contributed by atoms with Crippen LogP contribution in [0.25, 0.3) is 0 Å². The van der Waals surface area contributed by atoms with Gasteiger partial charge in [0.1, 0.15) is 5.60 Å². The van der Waals surface area contributed by atoms with Crippen LogP contribution in [0.2, 0.25) is 0 Å². The summed E-state index contributed by atoms with van der Waals surface area (Å²) in [6, 6.07) is 24.8. The third-order valence-corrected chi connectivity index (χ3v) is 3.93. The molecule has 0 amide bonds. The number of carbonyl (C=O) groups is 1. The summed E-state index contributed by atoms with van der Waals surface area (Å²) in [7, 11) is 0. The highest BCUT2D eigenvalue weighted by Crippen LogP contribution is 2.38. The zero-order valence-corrected chi connectivity index (χ0v) is 12.4. The maximum atomic E-state index is 11.6. The predicted molar refractivity (Wildman–Crippen MR) is 88.4 cm³/mol. The zero-order valence-electron chi connectivity index (χ0n) is 12.4. The molecule has 0 fully saturated rings. The SMILES string of the molecule is O=C(O)c1ccccc1C(O)(c1ccccc1)c1ccccc1. The largest absolute Gasteiger partial charge is 0.478 e. The molecule has 0 aliphatic heterocycles. The first-order valence-electron chi connectivity index (χ1n) is 7.30. The van der Waals surface area contributed by atoms with E-state index in [9.17, 15) is 15.0 Å². The Labute approximate surface area is 134 Å². The zero-order chi connectivity index (χ0) is 16.3. The molecule has 0 heterocycles. The van der Waals surface area contributed by atoms with E-state index >= 15 is 0 Å². The van der Waals surface area contributed by atoms with Crippen LogP contribution in [0.3, 0.4) is 0 Å². The second-order valence-corrected chi connectivity index (χ2v) is 5.29. The van der Waals surface area contributed by atoms with Gasteiger partial charge >= 0.3 is 5.97 Å². The standard InChI is InChI=1S/C20H16O3/c21-19(22)17-13-7-8-14-18(17)20(23,15-9-3-1-4-10-15)16-11-5-2-6-12-16/h1-14,23H,(H,21,22). The highest BCUT2D eigenvalue weighted by molar-refractivity contribution is 5.90. The molecule has 0 spiro atoms. The maximum Gasteiger partial charge on any atom is 0.336 e. The Hall–Kier alpha value is -2.91. The average molecular weight is 304 g/mol. The van der Waals surface area contributed by atoms with Crippen molar-refractivity contribution in [3.05, 3.63) is 107 Å². The van der Waals surface area contributed by atoms with Gasteiger partial charge in [-0.25, -0.2) is 4.79 Å². The van der Waals surface area contributed by atoms with Crippen molar-refractivity contribution >= 4 is 5.97 Å². The van der Waals surface area contributed by atoms with Crippen LogP contribution >= 0.6 is 0 Å². The van der Waals surface area contributed by atoms with Gasteiger partial charge in [0.15, 0.2) is 0 Å². The van der Waals surface area contributed by atoms with Gasteiger partial charge < -0.3 is 10.2 Å². The molecular formula is C20H16O3. The first-order chi connectivity index (χ1) is 11.1. The Morgan fingerprint density at radius 2 is 1.13 bits per heavy atom. The molecule has 2 N–H and O–H groups in total. The molecule has 0 radical (unpaired) electrons. The van der Waals surface area contributed by atoms with Crippen molar-refractivity contribution in [2.75, 3.05) is 0 Å². The lowest BCUT2D eigenvalue weighted by atomic mass is 9.78. The second kappa shape index (κ2) is 6.07. The first kappa shape index (κ1) is 15.0. The Bertz CT molecular complexity index is 771. The smallest absolute Gasteiger partial charge is 0.336 e. The van der Waals surface area contributed by atoms with Crippen LogP contribution in [-0.2, 0) is 5.60 Å². The lowest BCUT2D eigenvalue weighted by Crippen LogP contribution is -2.31. The van der Waals surface area contributed by atoms with Gasteiger partial charge in [0.05, 0.1) is 5.56 Å². The van der Waals surface area contributed by atoms with Gasteiger partial charge in [-0.2, -0.15) is 0 Å². The van der Waals surface area contributed by atoms with Gasteiger partial charge in [-0.1, -0.05) is 78.9 Å². The fourth-order valence-electron chi connectivity index (χ4n) is 2.82. The van der Waals surface area contributed by atoms with Crippen LogP contribution in [0.15, 0.2) is 84.9 Å². The Morgan fingerprint density at radius 3 is 1.61 bits per heavy atom. The number of carboxylic acid groups (broad SMARTS) is 1. The van der Waals surface area contributed by atoms with Gasteiger partial charge in [0.2, 0.25) is 0 Å². The van der Waals surface area contributed by atoms with E-state index in [-0.39, 0.29) is 5.56 Å². The molecule has 3 nitrogen and oxygen atoms in total. The van der Waals surface area contributed by atoms with Crippen molar-refractivity contribution in [1.29, 1.82) is 0 Å². The molecule has 3 aromatic rings. The topological polar surface area (TPSA) is 57.5 Å². The molecule has 0 bridgehead atoms. The molecule has 0 aliphatic carbocycles. The fraction of sp³-hybridized carbons (Fsp3) is 0.0500. The summed E-state index contributed by atoms with van der Waals surface area (Å²) in [5.74, 6) is -1.06. The Kier molecular flexibility index (Phi) is 3.96. The van der Waals surface area contributed by atoms with E-state index < -0.39 is 11.6 Å². The maximum absolute atomic E-state index is 11.6. The van der Waals surface area contributed by atoms with E-state index in [1.807, 2.05) is 36.4 Å². The molecule has 3 aromatic carbocycles. The lowest BCUT2D eigenvalue weighted by Gasteiger charge is -2.31. The number of hydrogen-bond acceptors (Lipinski definition) is 2. The first-order valence-corrected chi connectivity index (χ1v) is 7.30. The van der Waals surface area contributed by atoms with Gasteiger partial charge in [-0.3, -0.25) is 0 Å². The van der Waals surface area contributed by atoms with E-state index in [1.54, 1.807) is 42.5 Å². The molecule has 0 saturated heterocycles. The lowest BCUT2D eigenvalue weighted by molar-refractivity contribution is 0.0680. The van der Waals surface area contributed by atoms with Crippen LogP contribution in [0.4, 0.5) is 0 Å². The Balaban J connectivity index is 2.33. The fourth-order valence-corrected chi connectivity index (χ4v) is 2.82. The summed E-state index contributed by atoms with van der Waals surface area (Å²) < 4.78 is 0. The van der Waals surface area contributed by atoms with Crippen LogP contribution in [-0.4, -0.2) is 16.2 Å². The van der Waals surface area contributed by atoms with Gasteiger partial charge in [0, 0.05) is 5.56 Å². The minimum Gasteiger partial charge on any atom is -0.478 e. The molecule has 0 aromatic heterocycles. The van der Waals surface area contributed by atoms with E-state index in [4.69, 9.17) is 0 Å². The minimum atomic E-state index is -1.53. The molecular weight excluding hydrogens is 288 g/mol. The molecule has 0 unspecified atom stereocenters. The number of rotatable bonds is 4. The van der Waals surface area contributed by atoms with Crippen LogP contribution in [0.5, 0.6) is 0 Å². The van der Waals surface area contributed by atoms with Gasteiger partial charge in [-0.15, -0.1) is 0 Å². The van der Waals surface area contributed by atoms with E-state index in [0.717, 1.165) is 0 Å². The molecule has 0 atom stereocenters. The van der Waals surface area contributed by atoms with E-state index in [0.29, 0.717) is 16.7 Å². The highest BCUT2D eigenvalue weighted by atomic mass is 16.4. The molecule has 0 saturated carbocycles. The van der Waals surface area contributed by atoms with Gasteiger partial charge in [-0.05, 0) is 17.2 Å². The summed E-state index contributed by atoms with van der Waals surface area (Å²) in [6.07, 6.45) is 0. The highest BCUT2D eigenvalue weighted by Gasteiger charge is 2.36. The summed E-state index contributed by atoms with van der Waals surface area (Å²) in [5.41, 5.74) is 0.157. The second-order valence-electron chi connectivity index (χ2n) is 5.29. The van der Waals surface area contributed by atoms with Crippen molar-refractivity contribution in [1.82, 2.24) is 0 Å². The number of aromatic carboxylic acids is 1. The molecule has 3 rings (SSSR count). The third-order valence-electron chi connectivity index (χ3n) is 3.93. The van der Waals surface area contributed by atoms with Gasteiger partial charge in [0.25, 0.3) is 0 Å². The van der Waals surface area contributed by atoms with E-state index in [1.165, 1.54) is 6.07 Å². The van der Waals surface area contributed by atoms with Crippen molar-refractivity contribution in [2.45, 2.75) is 5.60 Å². The van der Waals surface area contributed by atoms with Crippen molar-refractivity contribution in [3.63, 3.8) is 0 Å². The third kappa shape index (κ3) is 2.62.